The zero-order chi connectivity index (χ0) is 23.4. The number of amides is 2. The Hall–Kier alpha value is -3.16. The standard InChI is InChI=1S/C25H27ClN4O3/c1-4-32-14-6-13-30-17(3)21(22(27-25(30)31)19-7-5-8-20(26)15-19)24-28-23(29-33-24)18-11-9-16(2)10-12-18/h5,7-12,15,22H,4,6,13-14H2,1-3H3,(H,27,31). The molecule has 1 aromatic heterocycles. The van der Waals surface area contributed by atoms with Crippen LogP contribution in [0.5, 0.6) is 0 Å². The summed E-state index contributed by atoms with van der Waals surface area (Å²) in [4.78, 5) is 19.4. The molecule has 33 heavy (non-hydrogen) atoms. The van der Waals surface area contributed by atoms with E-state index in [1.807, 2.05) is 63.2 Å². The first-order valence-corrected chi connectivity index (χ1v) is 11.4. The van der Waals surface area contributed by atoms with Crippen molar-refractivity contribution in [3.63, 3.8) is 0 Å². The van der Waals surface area contributed by atoms with Gasteiger partial charge in [0.2, 0.25) is 5.82 Å². The molecule has 172 valence electrons. The molecule has 1 N–H and O–H groups in total. The van der Waals surface area contributed by atoms with Crippen molar-refractivity contribution in [2.24, 2.45) is 0 Å². The van der Waals surface area contributed by atoms with Crippen LogP contribution in [0.1, 0.15) is 43.3 Å². The molecule has 1 aliphatic heterocycles. The molecule has 4 rings (SSSR count). The van der Waals surface area contributed by atoms with E-state index in [0.29, 0.717) is 42.9 Å². The van der Waals surface area contributed by atoms with Gasteiger partial charge in [-0.15, -0.1) is 0 Å². The molecule has 0 radical (unpaired) electrons. The fraction of sp³-hybridized carbons (Fsp3) is 0.320. The van der Waals surface area contributed by atoms with Crippen molar-refractivity contribution in [3.8, 4) is 11.4 Å². The molecule has 2 heterocycles. The highest BCUT2D eigenvalue weighted by Gasteiger charge is 2.35. The van der Waals surface area contributed by atoms with Gasteiger partial charge in [-0.1, -0.05) is 58.7 Å². The van der Waals surface area contributed by atoms with Crippen molar-refractivity contribution in [1.29, 1.82) is 0 Å². The number of benzene rings is 2. The van der Waals surface area contributed by atoms with E-state index in [0.717, 1.165) is 28.0 Å². The quantitative estimate of drug-likeness (QED) is 0.435. The first-order chi connectivity index (χ1) is 16.0. The lowest BCUT2D eigenvalue weighted by molar-refractivity contribution is 0.136. The molecule has 1 aliphatic rings. The average Bonchev–Trinajstić information content (AvgIpc) is 3.28. The predicted molar refractivity (Wildman–Crippen MR) is 128 cm³/mol. The van der Waals surface area contributed by atoms with Crippen molar-refractivity contribution in [2.45, 2.75) is 33.2 Å². The normalized spacial score (nSPS) is 16.3. The molecule has 7 nitrogen and oxygen atoms in total. The summed E-state index contributed by atoms with van der Waals surface area (Å²) in [5.74, 6) is 0.859. The fourth-order valence-corrected chi connectivity index (χ4v) is 4.08. The molecule has 0 saturated heterocycles. The second-order valence-corrected chi connectivity index (χ2v) is 8.36. The number of hydrogen-bond acceptors (Lipinski definition) is 5. The van der Waals surface area contributed by atoms with Gasteiger partial charge in [0.25, 0.3) is 5.89 Å². The minimum atomic E-state index is -0.467. The van der Waals surface area contributed by atoms with E-state index < -0.39 is 6.04 Å². The van der Waals surface area contributed by atoms with E-state index >= 15 is 0 Å². The first kappa shape index (κ1) is 23.0. The van der Waals surface area contributed by atoms with Crippen LogP contribution in [0.2, 0.25) is 5.02 Å². The third kappa shape index (κ3) is 5.10. The Morgan fingerprint density at radius 1 is 1.18 bits per heavy atom. The van der Waals surface area contributed by atoms with Crippen LogP contribution in [0, 0.1) is 6.92 Å². The molecule has 1 unspecified atom stereocenters. The highest BCUT2D eigenvalue weighted by atomic mass is 35.5. The smallest absolute Gasteiger partial charge is 0.322 e. The van der Waals surface area contributed by atoms with Crippen molar-refractivity contribution >= 4 is 23.2 Å². The molecule has 0 bridgehead atoms. The summed E-state index contributed by atoms with van der Waals surface area (Å²) >= 11 is 6.25. The molecule has 0 saturated carbocycles. The van der Waals surface area contributed by atoms with Crippen molar-refractivity contribution < 1.29 is 14.1 Å². The average molecular weight is 467 g/mol. The second-order valence-electron chi connectivity index (χ2n) is 7.93. The number of nitrogens with one attached hydrogen (secondary N) is 1. The Morgan fingerprint density at radius 3 is 2.70 bits per heavy atom. The van der Waals surface area contributed by atoms with Gasteiger partial charge in [0.05, 0.1) is 11.6 Å². The Kier molecular flexibility index (Phi) is 7.11. The number of aromatic nitrogens is 2. The summed E-state index contributed by atoms with van der Waals surface area (Å²) in [5.41, 5.74) is 4.37. The van der Waals surface area contributed by atoms with E-state index in [-0.39, 0.29) is 6.03 Å². The number of ether oxygens (including phenoxy) is 1. The highest BCUT2D eigenvalue weighted by Crippen LogP contribution is 2.38. The third-order valence-corrected chi connectivity index (χ3v) is 5.85. The van der Waals surface area contributed by atoms with Gasteiger partial charge in [-0.05, 0) is 44.9 Å². The van der Waals surface area contributed by atoms with Crippen LogP contribution < -0.4 is 5.32 Å². The molecular weight excluding hydrogens is 440 g/mol. The number of halogens is 1. The monoisotopic (exact) mass is 466 g/mol. The summed E-state index contributed by atoms with van der Waals surface area (Å²) in [6, 6.07) is 14.7. The maximum Gasteiger partial charge on any atom is 0.322 e. The molecule has 8 heteroatoms. The van der Waals surface area contributed by atoms with Gasteiger partial charge in [0, 0.05) is 36.0 Å². The van der Waals surface area contributed by atoms with Crippen LogP contribution in [-0.2, 0) is 4.74 Å². The lowest BCUT2D eigenvalue weighted by atomic mass is 9.94. The minimum Gasteiger partial charge on any atom is -0.382 e. The molecule has 0 aliphatic carbocycles. The number of carbonyl (C=O) groups excluding carboxylic acids is 1. The van der Waals surface area contributed by atoms with Gasteiger partial charge in [-0.2, -0.15) is 4.98 Å². The lowest BCUT2D eigenvalue weighted by Gasteiger charge is -2.35. The Bertz CT molecular complexity index is 1160. The number of hydrogen-bond donors (Lipinski definition) is 1. The maximum atomic E-state index is 13.0. The van der Waals surface area contributed by atoms with E-state index in [9.17, 15) is 4.79 Å². The number of urea groups is 1. The van der Waals surface area contributed by atoms with Gasteiger partial charge < -0.3 is 14.6 Å². The van der Waals surface area contributed by atoms with Crippen LogP contribution in [0.4, 0.5) is 4.79 Å². The highest BCUT2D eigenvalue weighted by molar-refractivity contribution is 6.30. The predicted octanol–water partition coefficient (Wildman–Crippen LogP) is 5.62. The maximum absolute atomic E-state index is 13.0. The van der Waals surface area contributed by atoms with E-state index in [2.05, 4.69) is 15.5 Å². The summed E-state index contributed by atoms with van der Waals surface area (Å²) in [7, 11) is 0. The molecular formula is C25H27ClN4O3. The number of carbonyl (C=O) groups is 1. The number of rotatable bonds is 8. The first-order valence-electron chi connectivity index (χ1n) is 11.0. The van der Waals surface area contributed by atoms with E-state index in [1.54, 1.807) is 11.0 Å². The Morgan fingerprint density at radius 2 is 1.97 bits per heavy atom. The molecule has 0 fully saturated rings. The zero-order valence-electron chi connectivity index (χ0n) is 19.0. The summed E-state index contributed by atoms with van der Waals surface area (Å²) < 4.78 is 11.2. The van der Waals surface area contributed by atoms with E-state index in [1.165, 1.54) is 0 Å². The molecule has 3 aromatic rings. The summed E-state index contributed by atoms with van der Waals surface area (Å²) in [6.07, 6.45) is 0.714. The number of aryl methyl sites for hydroxylation is 1. The SMILES string of the molecule is CCOCCCN1C(=O)NC(c2cccc(Cl)c2)C(c2nc(-c3ccc(C)cc3)no2)=C1C. The Balaban J connectivity index is 1.74. The molecule has 0 spiro atoms. The molecule has 2 amide bonds. The summed E-state index contributed by atoms with van der Waals surface area (Å²) in [5, 5.41) is 7.88. The van der Waals surface area contributed by atoms with Crippen molar-refractivity contribution in [3.05, 3.63) is 76.3 Å². The zero-order valence-corrected chi connectivity index (χ0v) is 19.7. The summed E-state index contributed by atoms with van der Waals surface area (Å²) in [6.45, 7) is 7.63. The lowest BCUT2D eigenvalue weighted by Crippen LogP contribution is -2.46. The van der Waals surface area contributed by atoms with Crippen LogP contribution in [-0.4, -0.2) is 40.8 Å². The van der Waals surface area contributed by atoms with Gasteiger partial charge in [0.15, 0.2) is 0 Å². The van der Waals surface area contributed by atoms with Crippen LogP contribution in [0.25, 0.3) is 17.0 Å². The van der Waals surface area contributed by atoms with Gasteiger partial charge in [-0.3, -0.25) is 4.90 Å². The second kappa shape index (κ2) is 10.2. The van der Waals surface area contributed by atoms with Crippen LogP contribution >= 0.6 is 11.6 Å². The topological polar surface area (TPSA) is 80.5 Å². The fourth-order valence-electron chi connectivity index (χ4n) is 3.89. The van der Waals surface area contributed by atoms with Gasteiger partial charge in [0.1, 0.15) is 0 Å². The minimum absolute atomic E-state index is 0.184. The van der Waals surface area contributed by atoms with Crippen molar-refractivity contribution in [2.75, 3.05) is 19.8 Å². The van der Waals surface area contributed by atoms with Gasteiger partial charge >= 0.3 is 6.03 Å². The third-order valence-electron chi connectivity index (χ3n) is 5.62. The van der Waals surface area contributed by atoms with Gasteiger partial charge in [-0.25, -0.2) is 4.79 Å². The van der Waals surface area contributed by atoms with Crippen LogP contribution in [0.3, 0.4) is 0 Å². The Labute approximate surface area is 198 Å². The van der Waals surface area contributed by atoms with E-state index in [4.69, 9.17) is 20.9 Å². The number of allylic oxidation sites excluding steroid dienone is 1. The van der Waals surface area contributed by atoms with Crippen LogP contribution in [0.15, 0.2) is 58.8 Å². The largest absolute Gasteiger partial charge is 0.382 e. The van der Waals surface area contributed by atoms with Crippen molar-refractivity contribution in [1.82, 2.24) is 20.4 Å². The number of nitrogens with zero attached hydrogens (tertiary/aromatic N) is 3. The molecule has 2 aromatic carbocycles. The molecule has 1 atom stereocenters.